The number of nitrogens with zero attached hydrogens (tertiary/aromatic N) is 3. The maximum Gasteiger partial charge on any atom is 0.322 e. The highest BCUT2D eigenvalue weighted by molar-refractivity contribution is 6.03. The van der Waals surface area contributed by atoms with E-state index in [-0.39, 0.29) is 24.4 Å². The van der Waals surface area contributed by atoms with Gasteiger partial charge in [0.25, 0.3) is 5.91 Å². The molecule has 8 heteroatoms. The Balaban J connectivity index is 1.51. The van der Waals surface area contributed by atoms with Crippen molar-refractivity contribution in [2.45, 2.75) is 32.4 Å². The number of hydrogen-bond acceptors (Lipinski definition) is 4. The molecule has 0 spiro atoms. The predicted octanol–water partition coefficient (Wildman–Crippen LogP) is 2.65. The van der Waals surface area contributed by atoms with Gasteiger partial charge >= 0.3 is 6.03 Å². The summed E-state index contributed by atoms with van der Waals surface area (Å²) in [6, 6.07) is 16.2. The van der Waals surface area contributed by atoms with Gasteiger partial charge in [0.15, 0.2) is 0 Å². The van der Waals surface area contributed by atoms with E-state index in [9.17, 15) is 14.4 Å². The van der Waals surface area contributed by atoms with Crippen molar-refractivity contribution in [2.24, 2.45) is 0 Å². The van der Waals surface area contributed by atoms with Gasteiger partial charge in [0.2, 0.25) is 5.91 Å². The van der Waals surface area contributed by atoms with Crippen molar-refractivity contribution in [3.8, 4) is 0 Å². The zero-order valence-electron chi connectivity index (χ0n) is 20.8. The lowest BCUT2D eigenvalue weighted by Gasteiger charge is -2.35. The van der Waals surface area contributed by atoms with Crippen LogP contribution in [0, 0.1) is 6.92 Å². The largest absolute Gasteiger partial charge is 0.378 e. The maximum absolute atomic E-state index is 14.1. The summed E-state index contributed by atoms with van der Waals surface area (Å²) in [6.45, 7) is 6.55. The third-order valence-corrected chi connectivity index (χ3v) is 7.23. The Labute approximate surface area is 211 Å². The minimum atomic E-state index is -0.670. The molecule has 0 saturated carbocycles. The number of benzene rings is 2. The molecule has 36 heavy (non-hydrogen) atoms. The van der Waals surface area contributed by atoms with Crippen LogP contribution in [0.4, 0.5) is 4.79 Å². The van der Waals surface area contributed by atoms with Crippen molar-refractivity contribution in [1.82, 2.24) is 20.0 Å². The van der Waals surface area contributed by atoms with Crippen LogP contribution in [0.2, 0.25) is 0 Å². The van der Waals surface area contributed by atoms with Gasteiger partial charge in [-0.25, -0.2) is 4.79 Å². The molecule has 3 aliphatic rings. The summed E-state index contributed by atoms with van der Waals surface area (Å²) in [5, 5.41) is 3.03. The van der Waals surface area contributed by atoms with Gasteiger partial charge in [0, 0.05) is 26.1 Å². The fourth-order valence-corrected chi connectivity index (χ4v) is 5.27. The van der Waals surface area contributed by atoms with Crippen LogP contribution >= 0.6 is 0 Å². The van der Waals surface area contributed by atoms with Crippen molar-refractivity contribution in [3.63, 3.8) is 0 Å². The van der Waals surface area contributed by atoms with E-state index in [1.807, 2.05) is 68.4 Å². The van der Waals surface area contributed by atoms with Gasteiger partial charge in [0.05, 0.1) is 37.1 Å². The normalized spacial score (nSPS) is 20.9. The van der Waals surface area contributed by atoms with E-state index in [4.69, 9.17) is 4.74 Å². The van der Waals surface area contributed by atoms with Crippen LogP contribution in [0.25, 0.3) is 0 Å². The van der Waals surface area contributed by atoms with Crippen LogP contribution in [0.15, 0.2) is 65.9 Å². The van der Waals surface area contributed by atoms with Crippen molar-refractivity contribution < 1.29 is 19.1 Å². The first-order valence-corrected chi connectivity index (χ1v) is 12.6. The molecule has 0 aromatic heterocycles. The molecule has 8 nitrogen and oxygen atoms in total. The van der Waals surface area contributed by atoms with Crippen molar-refractivity contribution in [2.75, 3.05) is 39.4 Å². The molecule has 0 aliphatic carbocycles. The summed E-state index contributed by atoms with van der Waals surface area (Å²) >= 11 is 0. The lowest BCUT2D eigenvalue weighted by molar-refractivity contribution is -0.145. The first-order valence-electron chi connectivity index (χ1n) is 12.6. The van der Waals surface area contributed by atoms with Crippen LogP contribution < -0.4 is 5.32 Å². The first-order chi connectivity index (χ1) is 17.5. The van der Waals surface area contributed by atoms with E-state index in [1.165, 1.54) is 0 Å². The number of nitrogens with one attached hydrogen (secondary N) is 1. The summed E-state index contributed by atoms with van der Waals surface area (Å²) in [5.41, 5.74) is 4.17. The molecule has 2 aromatic carbocycles. The molecule has 0 bridgehead atoms. The molecule has 0 radical (unpaired) electrons. The molecule has 1 saturated heterocycles. The highest BCUT2D eigenvalue weighted by atomic mass is 16.5. The number of ether oxygens (including phenoxy) is 1. The number of likely N-dealkylation sites (N-methyl/N-ethyl adjacent to an activating group) is 1. The lowest BCUT2D eigenvalue weighted by Crippen LogP contribution is -2.53. The zero-order valence-corrected chi connectivity index (χ0v) is 20.8. The molecule has 2 atom stereocenters. The Morgan fingerprint density at radius 1 is 1.06 bits per heavy atom. The maximum atomic E-state index is 14.1. The molecule has 1 fully saturated rings. The fourth-order valence-electron chi connectivity index (χ4n) is 5.27. The van der Waals surface area contributed by atoms with Gasteiger partial charge in [0.1, 0.15) is 6.04 Å². The highest BCUT2D eigenvalue weighted by Crippen LogP contribution is 2.37. The van der Waals surface area contributed by atoms with Crippen LogP contribution in [-0.4, -0.2) is 78.0 Å². The summed E-state index contributed by atoms with van der Waals surface area (Å²) in [5.74, 6) is -0.277. The minimum absolute atomic E-state index is 0.0791. The fraction of sp³-hybridized carbons (Fsp3) is 0.393. The third kappa shape index (κ3) is 4.48. The highest BCUT2D eigenvalue weighted by Gasteiger charge is 2.47. The lowest BCUT2D eigenvalue weighted by atomic mass is 9.95. The van der Waals surface area contributed by atoms with Gasteiger partial charge in [-0.15, -0.1) is 0 Å². The standard InChI is InChI=1S/C28H32N4O4/c1-3-31-23-18-32(27(34)24(23)25(29-28(31)35)21-11-9-19(2)10-12-21)22(17-20-7-5-4-6-8-20)26(33)30-13-15-36-16-14-30/h4-12,22,25H,3,13-18H2,1-2H3,(H,29,35)/t22-,25-/m0/s1. The summed E-state index contributed by atoms with van der Waals surface area (Å²) < 4.78 is 5.45. The molecule has 3 aliphatic heterocycles. The van der Waals surface area contributed by atoms with E-state index >= 15 is 0 Å². The van der Waals surface area contributed by atoms with E-state index in [0.717, 1.165) is 16.7 Å². The Morgan fingerprint density at radius 2 is 1.75 bits per heavy atom. The summed E-state index contributed by atoms with van der Waals surface area (Å²) in [6.07, 6.45) is 0.409. The molecule has 3 heterocycles. The van der Waals surface area contributed by atoms with Gasteiger partial charge in [-0.3, -0.25) is 14.5 Å². The quantitative estimate of drug-likeness (QED) is 0.678. The van der Waals surface area contributed by atoms with E-state index in [2.05, 4.69) is 5.32 Å². The Kier molecular flexibility index (Phi) is 6.78. The second-order valence-corrected chi connectivity index (χ2v) is 9.47. The topological polar surface area (TPSA) is 82.2 Å². The van der Waals surface area contributed by atoms with Crippen LogP contribution in [0.5, 0.6) is 0 Å². The molecule has 4 amide bonds. The monoisotopic (exact) mass is 488 g/mol. The van der Waals surface area contributed by atoms with Gasteiger partial charge in [-0.05, 0) is 25.0 Å². The summed E-state index contributed by atoms with van der Waals surface area (Å²) in [4.78, 5) is 46.0. The number of carbonyl (C=O) groups is 3. The van der Waals surface area contributed by atoms with E-state index < -0.39 is 12.1 Å². The number of amides is 4. The number of urea groups is 1. The van der Waals surface area contributed by atoms with E-state index in [0.29, 0.717) is 50.5 Å². The Bertz CT molecular complexity index is 1170. The smallest absolute Gasteiger partial charge is 0.322 e. The number of rotatable bonds is 6. The average Bonchev–Trinajstić information content (AvgIpc) is 3.24. The number of aryl methyl sites for hydroxylation is 1. The molecule has 5 rings (SSSR count). The summed E-state index contributed by atoms with van der Waals surface area (Å²) in [7, 11) is 0. The Hall–Kier alpha value is -3.65. The SMILES string of the molecule is CCN1C(=O)N[C@@H](c2ccc(C)cc2)C2=C1CN([C@@H](Cc1ccccc1)C(=O)N1CCOCC1)C2=O. The van der Waals surface area contributed by atoms with Gasteiger partial charge in [-0.1, -0.05) is 60.2 Å². The van der Waals surface area contributed by atoms with Crippen molar-refractivity contribution in [3.05, 3.63) is 82.6 Å². The Morgan fingerprint density at radius 3 is 2.42 bits per heavy atom. The second-order valence-electron chi connectivity index (χ2n) is 9.47. The van der Waals surface area contributed by atoms with Crippen molar-refractivity contribution in [1.29, 1.82) is 0 Å². The molecule has 1 N–H and O–H groups in total. The molecule has 2 aromatic rings. The van der Waals surface area contributed by atoms with E-state index in [1.54, 1.807) is 14.7 Å². The number of carbonyl (C=O) groups excluding carboxylic acids is 3. The minimum Gasteiger partial charge on any atom is -0.378 e. The van der Waals surface area contributed by atoms with Gasteiger partial charge in [-0.2, -0.15) is 0 Å². The third-order valence-electron chi connectivity index (χ3n) is 7.23. The first kappa shape index (κ1) is 24.1. The predicted molar refractivity (Wildman–Crippen MR) is 135 cm³/mol. The van der Waals surface area contributed by atoms with Crippen LogP contribution in [0.1, 0.15) is 29.7 Å². The molecular formula is C28H32N4O4. The zero-order chi connectivity index (χ0) is 25.2. The number of hydrogen-bond donors (Lipinski definition) is 1. The van der Waals surface area contributed by atoms with Crippen LogP contribution in [0.3, 0.4) is 0 Å². The molecular weight excluding hydrogens is 456 g/mol. The van der Waals surface area contributed by atoms with Gasteiger partial charge < -0.3 is 19.9 Å². The second kappa shape index (κ2) is 10.1. The average molecular weight is 489 g/mol. The van der Waals surface area contributed by atoms with Crippen LogP contribution in [-0.2, 0) is 20.7 Å². The molecule has 188 valence electrons. The van der Waals surface area contributed by atoms with Crippen molar-refractivity contribution >= 4 is 17.8 Å². The number of morpholine rings is 1. The molecule has 0 unspecified atom stereocenters.